The fourth-order valence-corrected chi connectivity index (χ4v) is 2.64. The van der Waals surface area contributed by atoms with Gasteiger partial charge >= 0.3 is 0 Å². The van der Waals surface area contributed by atoms with Gasteiger partial charge < -0.3 is 0 Å². The Labute approximate surface area is 112 Å². The largest absolute Gasteiger partial charge is 0.293 e. The number of fused-ring (bicyclic) bond motifs is 1. The molecule has 1 aliphatic rings. The van der Waals surface area contributed by atoms with E-state index in [1.54, 1.807) is 0 Å². The minimum Gasteiger partial charge on any atom is -0.293 e. The van der Waals surface area contributed by atoms with Gasteiger partial charge in [-0.05, 0) is 29.7 Å². The predicted molar refractivity (Wildman–Crippen MR) is 73.5 cm³/mol. The summed E-state index contributed by atoms with van der Waals surface area (Å²) in [6.07, 6.45) is 1.12. The Morgan fingerprint density at radius 2 is 1.89 bits per heavy atom. The monoisotopic (exact) mass is 258 g/mol. The minimum absolute atomic E-state index is 0.574. The van der Waals surface area contributed by atoms with Gasteiger partial charge in [-0.1, -0.05) is 41.9 Å². The molecule has 0 fully saturated rings. The lowest BCUT2D eigenvalue weighted by Crippen LogP contribution is -2.30. The molecule has 0 atom stereocenters. The molecule has 0 N–H and O–H groups in total. The van der Waals surface area contributed by atoms with Crippen molar-refractivity contribution in [1.82, 2.24) is 9.88 Å². The van der Waals surface area contributed by atoms with Crippen LogP contribution in [0.4, 0.5) is 0 Å². The first-order chi connectivity index (χ1) is 8.81. The fourth-order valence-electron chi connectivity index (χ4n) is 2.46. The zero-order chi connectivity index (χ0) is 12.4. The van der Waals surface area contributed by atoms with E-state index in [2.05, 4.69) is 34.1 Å². The fraction of sp³-hybridized carbons (Fsp3) is 0.267. The second kappa shape index (κ2) is 5.09. The highest BCUT2D eigenvalue weighted by Crippen LogP contribution is 2.20. The molecule has 3 rings (SSSR count). The van der Waals surface area contributed by atoms with E-state index in [1.165, 1.54) is 11.1 Å². The van der Waals surface area contributed by atoms with Gasteiger partial charge in [-0.3, -0.25) is 4.90 Å². The van der Waals surface area contributed by atoms with Crippen molar-refractivity contribution in [2.75, 3.05) is 6.54 Å². The van der Waals surface area contributed by atoms with Crippen molar-refractivity contribution in [3.63, 3.8) is 0 Å². The second-order valence-electron chi connectivity index (χ2n) is 4.68. The van der Waals surface area contributed by atoms with Crippen molar-refractivity contribution in [3.05, 3.63) is 64.4 Å². The lowest BCUT2D eigenvalue weighted by molar-refractivity contribution is 0.243. The third kappa shape index (κ3) is 2.55. The lowest BCUT2D eigenvalue weighted by Gasteiger charge is -2.28. The van der Waals surface area contributed by atoms with Gasteiger partial charge in [0.1, 0.15) is 5.15 Å². The number of hydrogen-bond acceptors (Lipinski definition) is 2. The van der Waals surface area contributed by atoms with E-state index in [4.69, 9.17) is 11.6 Å². The first-order valence-corrected chi connectivity index (χ1v) is 6.59. The Bertz CT molecular complexity index is 554. The van der Waals surface area contributed by atoms with Crippen LogP contribution in [-0.2, 0) is 19.5 Å². The number of hydrogen-bond donors (Lipinski definition) is 0. The molecule has 0 bridgehead atoms. The van der Waals surface area contributed by atoms with Crippen LogP contribution in [-0.4, -0.2) is 16.4 Å². The maximum Gasteiger partial charge on any atom is 0.129 e. The SMILES string of the molecule is Clc1cccc(CN2CCc3ccccc3C2)n1. The standard InChI is InChI=1S/C15H15ClN2/c16-15-7-3-6-14(17-15)11-18-9-8-12-4-1-2-5-13(12)10-18/h1-7H,8-11H2. The van der Waals surface area contributed by atoms with Gasteiger partial charge in [-0.25, -0.2) is 4.98 Å². The molecule has 2 heterocycles. The van der Waals surface area contributed by atoms with Crippen LogP contribution in [0.3, 0.4) is 0 Å². The number of nitrogens with zero attached hydrogens (tertiary/aromatic N) is 2. The van der Waals surface area contributed by atoms with Crippen LogP contribution >= 0.6 is 11.6 Å². The highest BCUT2D eigenvalue weighted by molar-refractivity contribution is 6.29. The van der Waals surface area contributed by atoms with Crippen molar-refractivity contribution in [3.8, 4) is 0 Å². The summed E-state index contributed by atoms with van der Waals surface area (Å²) in [6, 6.07) is 14.5. The molecule has 1 aromatic heterocycles. The van der Waals surface area contributed by atoms with E-state index < -0.39 is 0 Å². The summed E-state index contributed by atoms with van der Waals surface area (Å²) < 4.78 is 0. The maximum atomic E-state index is 5.91. The normalized spacial score (nSPS) is 15.4. The molecule has 0 unspecified atom stereocenters. The summed E-state index contributed by atoms with van der Waals surface area (Å²) in [6.45, 7) is 2.96. The average molecular weight is 259 g/mol. The van der Waals surface area contributed by atoms with Crippen LogP contribution in [0.25, 0.3) is 0 Å². The Kier molecular flexibility index (Phi) is 3.31. The quantitative estimate of drug-likeness (QED) is 0.769. The predicted octanol–water partition coefficient (Wildman–Crippen LogP) is 3.29. The van der Waals surface area contributed by atoms with Gasteiger partial charge in [0.2, 0.25) is 0 Å². The lowest BCUT2D eigenvalue weighted by atomic mass is 10.00. The second-order valence-corrected chi connectivity index (χ2v) is 5.07. The number of benzene rings is 1. The Balaban J connectivity index is 1.73. The summed E-state index contributed by atoms with van der Waals surface area (Å²) in [4.78, 5) is 6.76. The molecular weight excluding hydrogens is 244 g/mol. The van der Waals surface area contributed by atoms with Gasteiger partial charge in [0.05, 0.1) is 5.69 Å². The highest BCUT2D eigenvalue weighted by atomic mass is 35.5. The molecule has 0 spiro atoms. The number of pyridine rings is 1. The van der Waals surface area contributed by atoms with E-state index in [9.17, 15) is 0 Å². The van der Waals surface area contributed by atoms with Gasteiger partial charge in [-0.2, -0.15) is 0 Å². The third-order valence-electron chi connectivity index (χ3n) is 3.37. The first kappa shape index (κ1) is 11.7. The molecule has 0 radical (unpaired) electrons. The molecule has 92 valence electrons. The van der Waals surface area contributed by atoms with Gasteiger partial charge in [0.15, 0.2) is 0 Å². The zero-order valence-corrected chi connectivity index (χ0v) is 10.9. The van der Waals surface area contributed by atoms with Gasteiger partial charge in [0.25, 0.3) is 0 Å². The van der Waals surface area contributed by atoms with Crippen LogP contribution in [0.5, 0.6) is 0 Å². The molecule has 2 nitrogen and oxygen atoms in total. The Morgan fingerprint density at radius 1 is 1.06 bits per heavy atom. The third-order valence-corrected chi connectivity index (χ3v) is 3.58. The number of halogens is 1. The van der Waals surface area contributed by atoms with E-state index >= 15 is 0 Å². The first-order valence-electron chi connectivity index (χ1n) is 6.22. The van der Waals surface area contributed by atoms with Crippen molar-refractivity contribution in [1.29, 1.82) is 0 Å². The van der Waals surface area contributed by atoms with E-state index in [-0.39, 0.29) is 0 Å². The van der Waals surface area contributed by atoms with Crippen LogP contribution in [0, 0.1) is 0 Å². The van der Waals surface area contributed by atoms with Crippen molar-refractivity contribution in [2.24, 2.45) is 0 Å². The average Bonchev–Trinajstić information content (AvgIpc) is 2.39. The van der Waals surface area contributed by atoms with E-state index in [1.807, 2.05) is 18.2 Å². The van der Waals surface area contributed by atoms with Crippen molar-refractivity contribution in [2.45, 2.75) is 19.5 Å². The summed E-state index contributed by atoms with van der Waals surface area (Å²) >= 11 is 5.91. The summed E-state index contributed by atoms with van der Waals surface area (Å²) in [5.74, 6) is 0. The molecule has 0 saturated carbocycles. The number of aromatic nitrogens is 1. The molecule has 3 heteroatoms. The van der Waals surface area contributed by atoms with E-state index in [0.717, 1.165) is 31.7 Å². The zero-order valence-electron chi connectivity index (χ0n) is 10.1. The number of rotatable bonds is 2. The molecule has 0 saturated heterocycles. The summed E-state index contributed by atoms with van der Waals surface area (Å²) in [5.41, 5.74) is 3.96. The minimum atomic E-state index is 0.574. The summed E-state index contributed by atoms with van der Waals surface area (Å²) in [5, 5.41) is 0.574. The van der Waals surface area contributed by atoms with Crippen LogP contribution in [0.15, 0.2) is 42.5 Å². The molecule has 2 aromatic rings. The Morgan fingerprint density at radius 3 is 2.72 bits per heavy atom. The molecule has 18 heavy (non-hydrogen) atoms. The Hall–Kier alpha value is -1.38. The van der Waals surface area contributed by atoms with Crippen molar-refractivity contribution >= 4 is 11.6 Å². The van der Waals surface area contributed by atoms with Gasteiger partial charge in [0, 0.05) is 19.6 Å². The van der Waals surface area contributed by atoms with Crippen LogP contribution in [0.2, 0.25) is 5.15 Å². The molecule has 1 aromatic carbocycles. The molecular formula is C15H15ClN2. The van der Waals surface area contributed by atoms with E-state index in [0.29, 0.717) is 5.15 Å². The maximum absolute atomic E-state index is 5.91. The molecule has 0 aliphatic carbocycles. The molecule has 1 aliphatic heterocycles. The highest BCUT2D eigenvalue weighted by Gasteiger charge is 2.15. The van der Waals surface area contributed by atoms with Crippen molar-refractivity contribution < 1.29 is 0 Å². The smallest absolute Gasteiger partial charge is 0.129 e. The molecule has 0 amide bonds. The van der Waals surface area contributed by atoms with Crippen LogP contribution in [0.1, 0.15) is 16.8 Å². The summed E-state index contributed by atoms with van der Waals surface area (Å²) in [7, 11) is 0. The topological polar surface area (TPSA) is 16.1 Å². The van der Waals surface area contributed by atoms with Gasteiger partial charge in [-0.15, -0.1) is 0 Å². The van der Waals surface area contributed by atoms with Crippen LogP contribution < -0.4 is 0 Å².